The molecule has 1 saturated heterocycles. The summed E-state index contributed by atoms with van der Waals surface area (Å²) in [6, 6.07) is 14.3. The molecule has 0 spiro atoms. The molecule has 0 radical (unpaired) electrons. The van der Waals surface area contributed by atoms with E-state index in [1.165, 1.54) is 5.01 Å². The van der Waals surface area contributed by atoms with Gasteiger partial charge in [-0.3, -0.25) is 14.5 Å². The Balaban J connectivity index is 1.33. The van der Waals surface area contributed by atoms with E-state index in [9.17, 15) is 9.59 Å². The molecule has 0 aliphatic carbocycles. The molecule has 0 saturated carbocycles. The Bertz CT molecular complexity index is 1120. The number of aromatic nitrogens is 1. The van der Waals surface area contributed by atoms with Crippen molar-refractivity contribution < 1.29 is 14.3 Å². The van der Waals surface area contributed by atoms with Gasteiger partial charge in [-0.1, -0.05) is 31.2 Å². The minimum Gasteiger partial charge on any atom is -0.488 e. The van der Waals surface area contributed by atoms with E-state index in [4.69, 9.17) is 10.5 Å². The maximum atomic E-state index is 13.1. The summed E-state index contributed by atoms with van der Waals surface area (Å²) in [6.45, 7) is 6.24. The second-order valence-electron chi connectivity index (χ2n) is 8.00. The number of carbonyl (C=O) groups excluding carboxylic acids is 2. The molecule has 0 unspecified atom stereocenters. The molecule has 3 aromatic rings. The van der Waals surface area contributed by atoms with Crippen LogP contribution < -0.4 is 10.5 Å². The van der Waals surface area contributed by atoms with E-state index in [-0.39, 0.29) is 12.5 Å². The number of ether oxygens (including phenoxy) is 1. The number of nitrogens with zero attached hydrogens (tertiary/aromatic N) is 3. The van der Waals surface area contributed by atoms with Gasteiger partial charge in [-0.25, -0.2) is 4.98 Å². The van der Waals surface area contributed by atoms with E-state index in [1.807, 2.05) is 29.2 Å². The Morgan fingerprint density at radius 1 is 1.09 bits per heavy atom. The summed E-state index contributed by atoms with van der Waals surface area (Å²) in [6.07, 6.45) is 0.967. The van der Waals surface area contributed by atoms with Crippen molar-refractivity contribution in [2.75, 3.05) is 26.2 Å². The lowest BCUT2D eigenvalue weighted by Gasteiger charge is -2.34. The molecule has 2 N–H and O–H groups in total. The molecule has 0 bridgehead atoms. The number of hydrogen-bond donors (Lipinski definition) is 1. The highest BCUT2D eigenvalue weighted by Crippen LogP contribution is 2.20. The van der Waals surface area contributed by atoms with Crippen LogP contribution in [0.3, 0.4) is 0 Å². The molecule has 2 aromatic carbocycles. The van der Waals surface area contributed by atoms with Crippen LogP contribution >= 0.6 is 11.3 Å². The number of para-hydroxylation sites is 1. The predicted octanol–water partition coefficient (Wildman–Crippen LogP) is 3.34. The number of benzene rings is 2. The molecule has 33 heavy (non-hydrogen) atoms. The van der Waals surface area contributed by atoms with Crippen LogP contribution in [-0.2, 0) is 19.6 Å². The predicted molar refractivity (Wildman–Crippen MR) is 128 cm³/mol. The number of amides is 2. The molecular formula is C25H28N4O3S. The van der Waals surface area contributed by atoms with Gasteiger partial charge in [0.2, 0.25) is 0 Å². The Hall–Kier alpha value is -3.23. The first-order valence-electron chi connectivity index (χ1n) is 11.1. The Kier molecular flexibility index (Phi) is 7.36. The van der Waals surface area contributed by atoms with Gasteiger partial charge in [-0.15, -0.1) is 11.3 Å². The normalized spacial score (nSPS) is 14.3. The lowest BCUT2D eigenvalue weighted by atomic mass is 10.1. The maximum absolute atomic E-state index is 13.1. The molecule has 8 heteroatoms. The summed E-state index contributed by atoms with van der Waals surface area (Å²) < 4.78 is 5.81. The molecule has 7 nitrogen and oxygen atoms in total. The summed E-state index contributed by atoms with van der Waals surface area (Å²) in [5, 5.41) is 3.30. The molecular weight excluding hydrogens is 436 g/mol. The highest BCUT2D eigenvalue weighted by Gasteiger charge is 2.23. The van der Waals surface area contributed by atoms with Crippen LogP contribution in [0, 0.1) is 0 Å². The van der Waals surface area contributed by atoms with Gasteiger partial charge < -0.3 is 15.4 Å². The molecule has 0 atom stereocenters. The summed E-state index contributed by atoms with van der Waals surface area (Å²) in [7, 11) is 0. The number of primary amides is 1. The van der Waals surface area contributed by atoms with E-state index >= 15 is 0 Å². The minimum atomic E-state index is -0.533. The molecule has 172 valence electrons. The zero-order valence-corrected chi connectivity index (χ0v) is 19.5. The summed E-state index contributed by atoms with van der Waals surface area (Å²) in [5.74, 6) is -0.0748. The Labute approximate surface area is 197 Å². The highest BCUT2D eigenvalue weighted by molar-refractivity contribution is 7.09. The van der Waals surface area contributed by atoms with Gasteiger partial charge in [0, 0.05) is 43.7 Å². The molecule has 1 aliphatic heterocycles. The van der Waals surface area contributed by atoms with Crippen LogP contribution in [0.15, 0.2) is 53.9 Å². The van der Waals surface area contributed by atoms with Crippen LogP contribution in [-0.4, -0.2) is 52.8 Å². The fourth-order valence-electron chi connectivity index (χ4n) is 3.86. The molecule has 1 aromatic heterocycles. The molecule has 1 aliphatic rings. The van der Waals surface area contributed by atoms with Gasteiger partial charge in [0.25, 0.3) is 11.8 Å². The first-order valence-corrected chi connectivity index (χ1v) is 12.0. The molecule has 4 rings (SSSR count). The first kappa shape index (κ1) is 22.9. The third-order valence-corrected chi connectivity index (χ3v) is 6.71. The number of hydrogen-bond acceptors (Lipinski definition) is 6. The van der Waals surface area contributed by atoms with Crippen molar-refractivity contribution in [1.82, 2.24) is 14.8 Å². The number of aryl methyl sites for hydroxylation is 1. The van der Waals surface area contributed by atoms with Crippen molar-refractivity contribution in [1.29, 1.82) is 0 Å². The average Bonchev–Trinajstić information content (AvgIpc) is 3.30. The summed E-state index contributed by atoms with van der Waals surface area (Å²) >= 11 is 1.71. The fourth-order valence-corrected chi connectivity index (χ4v) is 4.59. The molecule has 2 heterocycles. The summed E-state index contributed by atoms with van der Waals surface area (Å²) in [5.41, 5.74) is 8.36. The van der Waals surface area contributed by atoms with Gasteiger partial charge in [0.05, 0.1) is 16.3 Å². The Morgan fingerprint density at radius 2 is 1.88 bits per heavy atom. The molecule has 2 amide bonds. The van der Waals surface area contributed by atoms with Crippen molar-refractivity contribution in [3.63, 3.8) is 0 Å². The van der Waals surface area contributed by atoms with E-state index in [0.717, 1.165) is 37.3 Å². The lowest BCUT2D eigenvalue weighted by molar-refractivity contribution is 0.0627. The number of carbonyl (C=O) groups is 2. The van der Waals surface area contributed by atoms with Crippen molar-refractivity contribution >= 4 is 23.2 Å². The van der Waals surface area contributed by atoms with Crippen LogP contribution in [0.25, 0.3) is 0 Å². The van der Waals surface area contributed by atoms with Crippen molar-refractivity contribution in [3.05, 3.63) is 81.3 Å². The van der Waals surface area contributed by atoms with Gasteiger partial charge >= 0.3 is 0 Å². The highest BCUT2D eigenvalue weighted by atomic mass is 32.1. The third-order valence-electron chi connectivity index (χ3n) is 5.67. The second-order valence-corrected chi connectivity index (χ2v) is 8.95. The Morgan fingerprint density at radius 3 is 2.61 bits per heavy atom. The SMILES string of the molecule is CCc1nc(CN2CCN(C(=O)c3cccc(COc4ccccc4C(N)=O)c3)CC2)cs1. The second kappa shape index (κ2) is 10.6. The number of nitrogens with two attached hydrogens (primary N) is 1. The zero-order valence-electron chi connectivity index (χ0n) is 18.7. The standard InChI is InChI=1S/C25H28N4O3S/c1-2-23-27-20(17-33-23)15-28-10-12-29(13-11-28)25(31)19-7-5-6-18(14-19)16-32-22-9-4-3-8-21(22)24(26)30/h3-9,14,17H,2,10-13,15-16H2,1H3,(H2,26,30). The lowest BCUT2D eigenvalue weighted by Crippen LogP contribution is -2.48. The quantitative estimate of drug-likeness (QED) is 0.552. The maximum Gasteiger partial charge on any atom is 0.253 e. The van der Waals surface area contributed by atoms with Crippen LogP contribution in [0.5, 0.6) is 5.75 Å². The van der Waals surface area contributed by atoms with Gasteiger partial charge in [0.1, 0.15) is 12.4 Å². The van der Waals surface area contributed by atoms with Gasteiger partial charge in [0.15, 0.2) is 0 Å². The summed E-state index contributed by atoms with van der Waals surface area (Å²) in [4.78, 5) is 33.5. The van der Waals surface area contributed by atoms with Gasteiger partial charge in [-0.05, 0) is 36.2 Å². The third kappa shape index (κ3) is 5.77. The van der Waals surface area contributed by atoms with Crippen LogP contribution in [0.2, 0.25) is 0 Å². The van der Waals surface area contributed by atoms with Crippen LogP contribution in [0.1, 0.15) is 43.9 Å². The van der Waals surface area contributed by atoms with E-state index < -0.39 is 5.91 Å². The van der Waals surface area contributed by atoms with Crippen molar-refractivity contribution in [2.24, 2.45) is 5.73 Å². The largest absolute Gasteiger partial charge is 0.488 e. The first-order chi connectivity index (χ1) is 16.0. The number of piperazine rings is 1. The van der Waals surface area contributed by atoms with E-state index in [2.05, 4.69) is 22.2 Å². The average molecular weight is 465 g/mol. The topological polar surface area (TPSA) is 88.8 Å². The van der Waals surface area contributed by atoms with Gasteiger partial charge in [-0.2, -0.15) is 0 Å². The van der Waals surface area contributed by atoms with Crippen molar-refractivity contribution in [3.8, 4) is 5.75 Å². The van der Waals surface area contributed by atoms with Crippen molar-refractivity contribution in [2.45, 2.75) is 26.5 Å². The van der Waals surface area contributed by atoms with E-state index in [1.54, 1.807) is 35.6 Å². The van der Waals surface area contributed by atoms with Crippen LogP contribution in [0.4, 0.5) is 0 Å². The van der Waals surface area contributed by atoms with E-state index in [0.29, 0.717) is 30.0 Å². The number of rotatable bonds is 8. The fraction of sp³-hybridized carbons (Fsp3) is 0.320. The molecule has 1 fully saturated rings. The monoisotopic (exact) mass is 464 g/mol. The zero-order chi connectivity index (χ0) is 23.2. The number of thiazole rings is 1. The smallest absolute Gasteiger partial charge is 0.253 e. The minimum absolute atomic E-state index is 0.0240.